The minimum absolute atomic E-state index is 0.574. The van der Waals surface area contributed by atoms with Crippen LogP contribution in [0.4, 0.5) is 8.78 Å². The van der Waals surface area contributed by atoms with Crippen molar-refractivity contribution in [2.45, 2.75) is 32.7 Å². The Bertz CT molecular complexity index is 303. The number of hydrogen-bond acceptors (Lipinski definition) is 2. The van der Waals surface area contributed by atoms with E-state index in [1.807, 2.05) is 18.4 Å². The van der Waals surface area contributed by atoms with E-state index in [0.29, 0.717) is 0 Å². The molecule has 0 radical (unpaired) electrons. The third-order valence-corrected chi connectivity index (χ3v) is 3.66. The van der Waals surface area contributed by atoms with Crippen LogP contribution < -0.4 is 5.73 Å². The van der Waals surface area contributed by atoms with E-state index in [1.54, 1.807) is 0 Å². The van der Waals surface area contributed by atoms with Gasteiger partial charge in [-0.3, -0.25) is 0 Å². The van der Waals surface area contributed by atoms with E-state index in [2.05, 4.69) is 0 Å². The summed E-state index contributed by atoms with van der Waals surface area (Å²) in [5.41, 5.74) is 6.80. The Kier molecular flexibility index (Phi) is 3.27. The van der Waals surface area contributed by atoms with Crippen LogP contribution in [0.5, 0.6) is 0 Å². The van der Waals surface area contributed by atoms with Gasteiger partial charge in [-0.1, -0.05) is 6.92 Å². The highest BCUT2D eigenvalue weighted by molar-refractivity contribution is 7.10. The van der Waals surface area contributed by atoms with Gasteiger partial charge in [0.15, 0.2) is 0 Å². The zero-order valence-electron chi connectivity index (χ0n) is 8.55. The summed E-state index contributed by atoms with van der Waals surface area (Å²) in [5, 5.41) is 1.88. The largest absolute Gasteiger partial charge is 0.323 e. The predicted molar refractivity (Wildman–Crippen MR) is 55.8 cm³/mol. The molecule has 2 N–H and O–H groups in total. The summed E-state index contributed by atoms with van der Waals surface area (Å²) in [6, 6.07) is 1.33. The molecule has 0 amide bonds. The highest BCUT2D eigenvalue weighted by atomic mass is 32.1. The molecule has 1 nitrogen and oxygen atoms in total. The molecule has 1 aromatic rings. The fourth-order valence-corrected chi connectivity index (χ4v) is 2.30. The molecule has 80 valence electrons. The first-order chi connectivity index (χ1) is 6.34. The summed E-state index contributed by atoms with van der Waals surface area (Å²) in [7, 11) is 0. The average Bonchev–Trinajstić information content (AvgIpc) is 2.47. The lowest BCUT2D eigenvalue weighted by Crippen LogP contribution is -2.32. The molecule has 2 atom stereocenters. The second-order valence-electron chi connectivity index (χ2n) is 3.74. The third-order valence-electron chi connectivity index (χ3n) is 2.54. The lowest BCUT2D eigenvalue weighted by atomic mass is 9.94. The number of rotatable bonds is 3. The lowest BCUT2D eigenvalue weighted by molar-refractivity contribution is -0.0417. The van der Waals surface area contributed by atoms with Crippen molar-refractivity contribution in [3.8, 4) is 0 Å². The van der Waals surface area contributed by atoms with Gasteiger partial charge in [-0.25, -0.2) is 8.78 Å². The van der Waals surface area contributed by atoms with Crippen molar-refractivity contribution in [2.24, 2.45) is 11.7 Å². The van der Waals surface area contributed by atoms with Crippen molar-refractivity contribution < 1.29 is 8.78 Å². The third kappa shape index (κ3) is 2.30. The highest BCUT2D eigenvalue weighted by Gasteiger charge is 2.36. The fraction of sp³-hybridized carbons (Fsp3) is 0.600. The van der Waals surface area contributed by atoms with Crippen molar-refractivity contribution in [3.05, 3.63) is 21.9 Å². The molecule has 2 unspecified atom stereocenters. The highest BCUT2D eigenvalue weighted by Crippen LogP contribution is 2.35. The van der Waals surface area contributed by atoms with Crippen LogP contribution in [0.3, 0.4) is 0 Å². The Balaban J connectivity index is 2.86. The van der Waals surface area contributed by atoms with Gasteiger partial charge in [0, 0.05) is 16.8 Å². The number of alkyl halides is 2. The van der Waals surface area contributed by atoms with E-state index in [9.17, 15) is 8.78 Å². The first kappa shape index (κ1) is 11.6. The maximum Gasteiger partial charge on any atom is 0.249 e. The van der Waals surface area contributed by atoms with Gasteiger partial charge in [0.05, 0.1) is 0 Å². The van der Waals surface area contributed by atoms with Crippen molar-refractivity contribution >= 4 is 11.3 Å². The lowest BCUT2D eigenvalue weighted by Gasteiger charge is -2.25. The molecular weight excluding hydrogens is 204 g/mol. The SMILES string of the molecule is Cc1ccsc1C(N)C(C)C(C)(F)F. The van der Waals surface area contributed by atoms with Crippen LogP contribution in [0, 0.1) is 12.8 Å². The second-order valence-corrected chi connectivity index (χ2v) is 4.69. The van der Waals surface area contributed by atoms with Crippen LogP contribution in [-0.4, -0.2) is 5.92 Å². The molecular formula is C10H15F2NS. The quantitative estimate of drug-likeness (QED) is 0.829. The molecule has 1 rings (SSSR count). The van der Waals surface area contributed by atoms with Crippen molar-refractivity contribution in [1.82, 2.24) is 0 Å². The van der Waals surface area contributed by atoms with Crippen LogP contribution in [0.25, 0.3) is 0 Å². The zero-order valence-corrected chi connectivity index (χ0v) is 9.37. The molecule has 0 spiro atoms. The van der Waals surface area contributed by atoms with Crippen LogP contribution >= 0.6 is 11.3 Å². The smallest absolute Gasteiger partial charge is 0.249 e. The fourth-order valence-electron chi connectivity index (χ4n) is 1.27. The summed E-state index contributed by atoms with van der Waals surface area (Å²) in [6.07, 6.45) is 0. The van der Waals surface area contributed by atoms with E-state index in [4.69, 9.17) is 5.73 Å². The van der Waals surface area contributed by atoms with Gasteiger partial charge in [-0.2, -0.15) is 0 Å². The average molecular weight is 219 g/mol. The Morgan fingerprint density at radius 1 is 1.50 bits per heavy atom. The second kappa shape index (κ2) is 3.95. The van der Waals surface area contributed by atoms with E-state index in [-0.39, 0.29) is 0 Å². The number of aryl methyl sites for hydroxylation is 1. The van der Waals surface area contributed by atoms with E-state index < -0.39 is 17.9 Å². The molecule has 0 saturated carbocycles. The Morgan fingerprint density at radius 2 is 2.07 bits per heavy atom. The standard InChI is InChI=1S/C10H15F2NS/c1-6-4-5-14-9(6)8(13)7(2)10(3,11)12/h4-5,7-8H,13H2,1-3H3. The molecule has 0 saturated heterocycles. The summed E-state index contributed by atoms with van der Waals surface area (Å²) in [5.74, 6) is -3.56. The summed E-state index contributed by atoms with van der Waals surface area (Å²) in [4.78, 5) is 0.860. The number of nitrogens with two attached hydrogens (primary N) is 1. The molecule has 0 bridgehead atoms. The van der Waals surface area contributed by atoms with Crippen molar-refractivity contribution in [3.63, 3.8) is 0 Å². The Morgan fingerprint density at radius 3 is 2.43 bits per heavy atom. The molecule has 1 heterocycles. The summed E-state index contributed by atoms with van der Waals surface area (Å²) >= 11 is 1.44. The molecule has 1 aromatic heterocycles. The van der Waals surface area contributed by atoms with Crippen LogP contribution in [-0.2, 0) is 0 Å². The molecule has 0 aliphatic carbocycles. The van der Waals surface area contributed by atoms with Gasteiger partial charge in [0.25, 0.3) is 0 Å². The Labute approximate surface area is 86.9 Å². The van der Waals surface area contributed by atoms with Crippen molar-refractivity contribution in [2.75, 3.05) is 0 Å². The maximum atomic E-state index is 13.0. The molecule has 0 aliphatic rings. The van der Waals surface area contributed by atoms with Crippen LogP contribution in [0.1, 0.15) is 30.3 Å². The molecule has 0 aromatic carbocycles. The topological polar surface area (TPSA) is 26.0 Å². The van der Waals surface area contributed by atoms with Gasteiger partial charge in [0.1, 0.15) is 0 Å². The molecule has 14 heavy (non-hydrogen) atoms. The van der Waals surface area contributed by atoms with Gasteiger partial charge in [0.2, 0.25) is 5.92 Å². The van der Waals surface area contributed by atoms with Gasteiger partial charge >= 0.3 is 0 Å². The van der Waals surface area contributed by atoms with E-state index in [0.717, 1.165) is 17.4 Å². The zero-order chi connectivity index (χ0) is 10.9. The van der Waals surface area contributed by atoms with E-state index >= 15 is 0 Å². The predicted octanol–water partition coefficient (Wildman–Crippen LogP) is 3.35. The number of hydrogen-bond donors (Lipinski definition) is 1. The first-order valence-corrected chi connectivity index (χ1v) is 5.39. The van der Waals surface area contributed by atoms with Crippen LogP contribution in [0.2, 0.25) is 0 Å². The number of thiophene rings is 1. The monoisotopic (exact) mass is 219 g/mol. The van der Waals surface area contributed by atoms with Gasteiger partial charge in [-0.15, -0.1) is 11.3 Å². The molecule has 0 fully saturated rings. The minimum atomic E-state index is -2.73. The number of halogens is 2. The normalized spacial score (nSPS) is 16.7. The maximum absolute atomic E-state index is 13.0. The summed E-state index contributed by atoms with van der Waals surface area (Å²) < 4.78 is 26.0. The van der Waals surface area contributed by atoms with E-state index in [1.165, 1.54) is 18.3 Å². The summed E-state index contributed by atoms with van der Waals surface area (Å²) in [6.45, 7) is 4.30. The Hall–Kier alpha value is -0.480. The molecule has 0 aliphatic heterocycles. The minimum Gasteiger partial charge on any atom is -0.323 e. The van der Waals surface area contributed by atoms with Gasteiger partial charge in [-0.05, 0) is 30.9 Å². The first-order valence-electron chi connectivity index (χ1n) is 4.51. The molecule has 4 heteroatoms. The van der Waals surface area contributed by atoms with Crippen LogP contribution in [0.15, 0.2) is 11.4 Å². The van der Waals surface area contributed by atoms with Crippen molar-refractivity contribution in [1.29, 1.82) is 0 Å². The van der Waals surface area contributed by atoms with Gasteiger partial charge < -0.3 is 5.73 Å².